The van der Waals surface area contributed by atoms with Crippen LogP contribution in [0.1, 0.15) is 42.5 Å². The number of carbonyl (C=O) groups is 1. The lowest BCUT2D eigenvalue weighted by molar-refractivity contribution is 0.0710. The highest BCUT2D eigenvalue weighted by atomic mass is 19.1. The molecular weight excluding hydrogens is 271 g/mol. The summed E-state index contributed by atoms with van der Waals surface area (Å²) in [7, 11) is 0. The molecule has 1 aromatic carbocycles. The van der Waals surface area contributed by atoms with Crippen molar-refractivity contribution >= 4 is 5.91 Å². The molecule has 2 aliphatic rings. The molecule has 3 rings (SSSR count). The van der Waals surface area contributed by atoms with E-state index >= 15 is 0 Å². The molecular formula is C16H21FN2O2. The quantitative estimate of drug-likeness (QED) is 0.895. The van der Waals surface area contributed by atoms with Crippen molar-refractivity contribution in [2.75, 3.05) is 13.1 Å². The van der Waals surface area contributed by atoms with Crippen molar-refractivity contribution in [2.24, 2.45) is 0 Å². The summed E-state index contributed by atoms with van der Waals surface area (Å²) in [5, 5.41) is 13.2. The van der Waals surface area contributed by atoms with E-state index in [4.69, 9.17) is 0 Å². The third-order valence-electron chi connectivity index (χ3n) is 4.28. The number of piperidine rings is 1. The van der Waals surface area contributed by atoms with Crippen molar-refractivity contribution in [1.29, 1.82) is 0 Å². The standard InChI is InChI=1S/C16H21FN2O2/c17-13-5-3-6-14(20)15(13)16(21)19(12-7-8-12)10-11-4-1-2-9-18-11/h3,5-6,11-12,18,20H,1-2,4,7-10H2. The first-order valence-electron chi connectivity index (χ1n) is 7.68. The fraction of sp³-hybridized carbons (Fsp3) is 0.562. The van der Waals surface area contributed by atoms with Crippen LogP contribution in [0.4, 0.5) is 4.39 Å². The Bertz CT molecular complexity index is 505. The lowest BCUT2D eigenvalue weighted by atomic mass is 10.0. The molecule has 1 aliphatic heterocycles. The number of phenolic OH excluding ortho intramolecular Hbond substituents is 1. The Balaban J connectivity index is 1.78. The van der Waals surface area contributed by atoms with Crippen molar-refractivity contribution in [3.05, 3.63) is 29.6 Å². The first kappa shape index (κ1) is 14.3. The van der Waals surface area contributed by atoms with Gasteiger partial charge in [-0.2, -0.15) is 0 Å². The highest BCUT2D eigenvalue weighted by Gasteiger charge is 2.36. The number of amides is 1. The minimum atomic E-state index is -0.651. The lowest BCUT2D eigenvalue weighted by Gasteiger charge is -2.31. The first-order chi connectivity index (χ1) is 10.2. The highest BCUT2D eigenvalue weighted by Crippen LogP contribution is 2.31. The van der Waals surface area contributed by atoms with Crippen LogP contribution < -0.4 is 5.32 Å². The maximum Gasteiger partial charge on any atom is 0.260 e. The number of benzene rings is 1. The van der Waals surface area contributed by atoms with E-state index in [9.17, 15) is 14.3 Å². The summed E-state index contributed by atoms with van der Waals surface area (Å²) < 4.78 is 13.9. The summed E-state index contributed by atoms with van der Waals surface area (Å²) in [5.41, 5.74) is -0.194. The molecule has 1 atom stereocenters. The van der Waals surface area contributed by atoms with E-state index in [2.05, 4.69) is 5.32 Å². The van der Waals surface area contributed by atoms with Crippen LogP contribution in [0.2, 0.25) is 0 Å². The first-order valence-corrected chi connectivity index (χ1v) is 7.68. The zero-order valence-electron chi connectivity index (χ0n) is 12.0. The number of rotatable bonds is 4. The molecule has 5 heteroatoms. The van der Waals surface area contributed by atoms with Gasteiger partial charge in [-0.1, -0.05) is 12.5 Å². The van der Waals surface area contributed by atoms with Crippen LogP contribution in [0.3, 0.4) is 0 Å². The van der Waals surface area contributed by atoms with Crippen molar-refractivity contribution in [3.8, 4) is 5.75 Å². The summed E-state index contributed by atoms with van der Waals surface area (Å²) in [5.74, 6) is -1.31. The third kappa shape index (κ3) is 3.18. The number of phenols is 1. The van der Waals surface area contributed by atoms with E-state index in [-0.39, 0.29) is 29.3 Å². The van der Waals surface area contributed by atoms with Gasteiger partial charge in [-0.25, -0.2) is 4.39 Å². The number of aromatic hydroxyl groups is 1. The molecule has 1 saturated heterocycles. The average molecular weight is 292 g/mol. The molecule has 1 heterocycles. The zero-order valence-corrected chi connectivity index (χ0v) is 12.0. The van der Waals surface area contributed by atoms with E-state index in [1.165, 1.54) is 24.6 Å². The summed E-state index contributed by atoms with van der Waals surface area (Å²) in [6, 6.07) is 4.46. The number of hydrogen-bond acceptors (Lipinski definition) is 3. The van der Waals surface area contributed by atoms with Crippen molar-refractivity contribution < 1.29 is 14.3 Å². The molecule has 0 spiro atoms. The molecule has 21 heavy (non-hydrogen) atoms. The average Bonchev–Trinajstić information content (AvgIpc) is 3.30. The molecule has 0 aromatic heterocycles. The van der Waals surface area contributed by atoms with Gasteiger partial charge in [0.25, 0.3) is 5.91 Å². The summed E-state index contributed by atoms with van der Waals surface area (Å²) in [4.78, 5) is 14.4. The van der Waals surface area contributed by atoms with Gasteiger partial charge >= 0.3 is 0 Å². The van der Waals surface area contributed by atoms with E-state index < -0.39 is 5.82 Å². The molecule has 1 aliphatic carbocycles. The van der Waals surface area contributed by atoms with Crippen molar-refractivity contribution in [1.82, 2.24) is 10.2 Å². The molecule has 0 bridgehead atoms. The monoisotopic (exact) mass is 292 g/mol. The minimum Gasteiger partial charge on any atom is -0.507 e. The maximum absolute atomic E-state index is 13.9. The smallest absolute Gasteiger partial charge is 0.260 e. The van der Waals surface area contributed by atoms with Crippen LogP contribution in [0.5, 0.6) is 5.75 Å². The van der Waals surface area contributed by atoms with Gasteiger partial charge in [0.15, 0.2) is 0 Å². The molecule has 1 aromatic rings. The Morgan fingerprint density at radius 2 is 2.14 bits per heavy atom. The predicted octanol–water partition coefficient (Wildman–Crippen LogP) is 2.28. The van der Waals surface area contributed by atoms with E-state index in [0.29, 0.717) is 6.54 Å². The second-order valence-corrected chi connectivity index (χ2v) is 5.97. The number of nitrogens with zero attached hydrogens (tertiary/aromatic N) is 1. The number of nitrogens with one attached hydrogen (secondary N) is 1. The molecule has 1 amide bonds. The topological polar surface area (TPSA) is 52.6 Å². The zero-order chi connectivity index (χ0) is 14.8. The van der Waals surface area contributed by atoms with Gasteiger partial charge in [0.05, 0.1) is 0 Å². The van der Waals surface area contributed by atoms with E-state index in [0.717, 1.165) is 32.2 Å². The Labute approximate surface area is 124 Å². The van der Waals surface area contributed by atoms with E-state index in [1.54, 1.807) is 4.90 Å². The molecule has 114 valence electrons. The van der Waals surface area contributed by atoms with Crippen molar-refractivity contribution in [3.63, 3.8) is 0 Å². The van der Waals surface area contributed by atoms with Crippen LogP contribution in [0.15, 0.2) is 18.2 Å². The van der Waals surface area contributed by atoms with Gasteiger partial charge in [-0.05, 0) is 44.4 Å². The van der Waals surface area contributed by atoms with Crippen LogP contribution in [-0.2, 0) is 0 Å². The summed E-state index contributed by atoms with van der Waals surface area (Å²) in [6.07, 6.45) is 5.30. The fourth-order valence-electron chi connectivity index (χ4n) is 2.97. The predicted molar refractivity (Wildman–Crippen MR) is 77.8 cm³/mol. The van der Waals surface area contributed by atoms with Gasteiger partial charge in [0, 0.05) is 18.6 Å². The molecule has 2 fully saturated rings. The molecule has 0 radical (unpaired) electrons. The molecule has 1 saturated carbocycles. The Morgan fingerprint density at radius 3 is 2.76 bits per heavy atom. The Hall–Kier alpha value is -1.62. The van der Waals surface area contributed by atoms with Gasteiger partial charge in [0.2, 0.25) is 0 Å². The van der Waals surface area contributed by atoms with Crippen LogP contribution in [0, 0.1) is 5.82 Å². The molecule has 2 N–H and O–H groups in total. The maximum atomic E-state index is 13.9. The Morgan fingerprint density at radius 1 is 1.33 bits per heavy atom. The molecule has 1 unspecified atom stereocenters. The number of carbonyl (C=O) groups excluding carboxylic acids is 1. The summed E-state index contributed by atoms with van der Waals surface area (Å²) in [6.45, 7) is 1.57. The Kier molecular flexibility index (Phi) is 4.10. The number of halogens is 1. The van der Waals surface area contributed by atoms with Gasteiger partial charge in [-0.3, -0.25) is 4.79 Å². The van der Waals surface area contributed by atoms with Gasteiger partial charge < -0.3 is 15.3 Å². The van der Waals surface area contributed by atoms with Crippen LogP contribution in [-0.4, -0.2) is 41.1 Å². The fourth-order valence-corrected chi connectivity index (χ4v) is 2.97. The van der Waals surface area contributed by atoms with Crippen LogP contribution in [0.25, 0.3) is 0 Å². The number of hydrogen-bond donors (Lipinski definition) is 2. The molecule has 4 nitrogen and oxygen atoms in total. The second-order valence-electron chi connectivity index (χ2n) is 5.97. The van der Waals surface area contributed by atoms with E-state index in [1.807, 2.05) is 0 Å². The normalized spacial score (nSPS) is 22.0. The summed E-state index contributed by atoms with van der Waals surface area (Å²) >= 11 is 0. The minimum absolute atomic E-state index is 0.194. The lowest BCUT2D eigenvalue weighted by Crippen LogP contribution is -2.46. The van der Waals surface area contributed by atoms with Gasteiger partial charge in [-0.15, -0.1) is 0 Å². The third-order valence-corrected chi connectivity index (χ3v) is 4.28. The van der Waals surface area contributed by atoms with Crippen LogP contribution >= 0.6 is 0 Å². The SMILES string of the molecule is O=C(c1c(O)cccc1F)N(CC1CCCCN1)C1CC1. The van der Waals surface area contributed by atoms with Gasteiger partial charge in [0.1, 0.15) is 17.1 Å². The van der Waals surface area contributed by atoms with Crippen molar-refractivity contribution in [2.45, 2.75) is 44.2 Å². The second kappa shape index (κ2) is 6.02. The largest absolute Gasteiger partial charge is 0.507 e. The highest BCUT2D eigenvalue weighted by molar-refractivity contribution is 5.97.